The maximum atomic E-state index is 12.8. The molecule has 3 rings (SSSR count). The minimum absolute atomic E-state index is 0.156. The average Bonchev–Trinajstić information content (AvgIpc) is 2.64. The number of fused-ring (bicyclic) bond motifs is 1. The fourth-order valence-electron chi connectivity index (χ4n) is 2.69. The van der Waals surface area contributed by atoms with Gasteiger partial charge in [0.05, 0.1) is 10.9 Å². The normalized spacial score (nSPS) is 10.8. The van der Waals surface area contributed by atoms with Crippen LogP contribution < -0.4 is 16.6 Å². The summed E-state index contributed by atoms with van der Waals surface area (Å²) in [4.78, 5) is 39.0. The van der Waals surface area contributed by atoms with Gasteiger partial charge in [0.2, 0.25) is 5.91 Å². The Balaban J connectivity index is 1.57. The molecule has 1 amide bonds. The van der Waals surface area contributed by atoms with Crippen LogP contribution in [0.3, 0.4) is 0 Å². The molecule has 0 fully saturated rings. The number of carbonyl (C=O) groups is 1. The first-order chi connectivity index (χ1) is 12.5. The van der Waals surface area contributed by atoms with Crippen LogP contribution in [-0.4, -0.2) is 15.5 Å². The number of aromatic amines is 1. The summed E-state index contributed by atoms with van der Waals surface area (Å²) in [6, 6.07) is 12.7. The van der Waals surface area contributed by atoms with Gasteiger partial charge in [0.25, 0.3) is 5.56 Å². The van der Waals surface area contributed by atoms with Crippen molar-refractivity contribution in [2.24, 2.45) is 0 Å². The van der Waals surface area contributed by atoms with Crippen molar-refractivity contribution in [1.82, 2.24) is 14.9 Å². The number of nitrogens with one attached hydrogen (secondary N) is 2. The molecule has 0 saturated heterocycles. The molecule has 0 spiro atoms. The minimum Gasteiger partial charge on any atom is -0.352 e. The van der Waals surface area contributed by atoms with E-state index in [9.17, 15) is 18.8 Å². The minimum atomic E-state index is -0.486. The van der Waals surface area contributed by atoms with E-state index in [0.717, 1.165) is 10.1 Å². The number of hydrogen-bond donors (Lipinski definition) is 2. The van der Waals surface area contributed by atoms with E-state index in [0.29, 0.717) is 23.9 Å². The fourth-order valence-corrected chi connectivity index (χ4v) is 2.69. The molecule has 0 aliphatic rings. The van der Waals surface area contributed by atoms with Gasteiger partial charge in [-0.15, -0.1) is 0 Å². The van der Waals surface area contributed by atoms with Gasteiger partial charge in [-0.1, -0.05) is 24.3 Å². The summed E-state index contributed by atoms with van der Waals surface area (Å²) in [5, 5.41) is 3.17. The molecular weight excluding hydrogens is 337 g/mol. The number of amides is 1. The van der Waals surface area contributed by atoms with Crippen molar-refractivity contribution in [2.45, 2.75) is 25.9 Å². The van der Waals surface area contributed by atoms with E-state index in [1.807, 2.05) is 0 Å². The zero-order valence-electron chi connectivity index (χ0n) is 14.0. The van der Waals surface area contributed by atoms with Gasteiger partial charge in [0.15, 0.2) is 0 Å². The Bertz CT molecular complexity index is 1040. The largest absolute Gasteiger partial charge is 0.352 e. The van der Waals surface area contributed by atoms with E-state index in [2.05, 4.69) is 10.3 Å². The van der Waals surface area contributed by atoms with Crippen LogP contribution in [0.2, 0.25) is 0 Å². The average molecular weight is 355 g/mol. The molecule has 26 heavy (non-hydrogen) atoms. The van der Waals surface area contributed by atoms with Crippen LogP contribution in [0.4, 0.5) is 4.39 Å². The molecule has 3 aromatic rings. The maximum absolute atomic E-state index is 12.8. The molecule has 1 aromatic heterocycles. The van der Waals surface area contributed by atoms with E-state index in [-0.39, 0.29) is 30.2 Å². The van der Waals surface area contributed by atoms with Crippen molar-refractivity contribution in [1.29, 1.82) is 0 Å². The summed E-state index contributed by atoms with van der Waals surface area (Å²) in [7, 11) is 0. The third kappa shape index (κ3) is 4.05. The van der Waals surface area contributed by atoms with Gasteiger partial charge in [-0.2, -0.15) is 0 Å². The highest BCUT2D eigenvalue weighted by molar-refractivity contribution is 5.77. The van der Waals surface area contributed by atoms with Gasteiger partial charge in [0.1, 0.15) is 5.82 Å². The van der Waals surface area contributed by atoms with Gasteiger partial charge < -0.3 is 10.3 Å². The molecule has 0 aliphatic heterocycles. The second-order valence-corrected chi connectivity index (χ2v) is 5.94. The predicted molar refractivity (Wildman–Crippen MR) is 96.3 cm³/mol. The highest BCUT2D eigenvalue weighted by atomic mass is 19.1. The van der Waals surface area contributed by atoms with Gasteiger partial charge in [-0.25, -0.2) is 9.18 Å². The molecule has 6 nitrogen and oxygen atoms in total. The zero-order valence-corrected chi connectivity index (χ0v) is 14.0. The molecule has 0 bridgehead atoms. The van der Waals surface area contributed by atoms with Crippen LogP contribution in [-0.2, 0) is 17.9 Å². The second-order valence-electron chi connectivity index (χ2n) is 5.94. The molecule has 7 heteroatoms. The van der Waals surface area contributed by atoms with Crippen LogP contribution in [0.1, 0.15) is 18.4 Å². The van der Waals surface area contributed by atoms with Crippen LogP contribution in [0.15, 0.2) is 58.1 Å². The Kier molecular flexibility index (Phi) is 5.26. The monoisotopic (exact) mass is 355 g/mol. The van der Waals surface area contributed by atoms with Crippen molar-refractivity contribution < 1.29 is 9.18 Å². The Morgan fingerprint density at radius 2 is 1.81 bits per heavy atom. The van der Waals surface area contributed by atoms with E-state index >= 15 is 0 Å². The van der Waals surface area contributed by atoms with E-state index < -0.39 is 5.69 Å². The molecule has 0 saturated carbocycles. The summed E-state index contributed by atoms with van der Waals surface area (Å²) >= 11 is 0. The van der Waals surface area contributed by atoms with Crippen LogP contribution in [0, 0.1) is 5.82 Å². The first kappa shape index (κ1) is 17.6. The summed E-state index contributed by atoms with van der Waals surface area (Å²) in [5.41, 5.74) is 0.439. The van der Waals surface area contributed by atoms with Gasteiger partial charge in [-0.05, 0) is 36.2 Å². The zero-order chi connectivity index (χ0) is 18.5. The van der Waals surface area contributed by atoms with Gasteiger partial charge in [-0.3, -0.25) is 14.2 Å². The van der Waals surface area contributed by atoms with Crippen molar-refractivity contribution >= 4 is 16.8 Å². The number of aromatic nitrogens is 2. The molecule has 2 N–H and O–H groups in total. The summed E-state index contributed by atoms with van der Waals surface area (Å²) in [6.45, 7) is 0.457. The van der Waals surface area contributed by atoms with Crippen molar-refractivity contribution in [3.05, 3.63) is 80.7 Å². The lowest BCUT2D eigenvalue weighted by Gasteiger charge is -2.07. The molecule has 1 heterocycles. The summed E-state index contributed by atoms with van der Waals surface area (Å²) < 4.78 is 13.9. The number of benzene rings is 2. The highest BCUT2D eigenvalue weighted by Gasteiger charge is 2.08. The lowest BCUT2D eigenvalue weighted by Crippen LogP contribution is -2.35. The third-order valence-corrected chi connectivity index (χ3v) is 4.08. The van der Waals surface area contributed by atoms with Crippen LogP contribution >= 0.6 is 0 Å². The Morgan fingerprint density at radius 3 is 2.58 bits per heavy atom. The van der Waals surface area contributed by atoms with Crippen molar-refractivity contribution in [3.63, 3.8) is 0 Å². The summed E-state index contributed by atoms with van der Waals surface area (Å²) in [6.07, 6.45) is 0.538. The number of H-pyrrole nitrogens is 1. The smallest absolute Gasteiger partial charge is 0.328 e. The molecular formula is C19H18FN3O3. The fraction of sp³-hybridized carbons (Fsp3) is 0.211. The van der Waals surface area contributed by atoms with Crippen molar-refractivity contribution in [3.8, 4) is 0 Å². The topological polar surface area (TPSA) is 84.0 Å². The van der Waals surface area contributed by atoms with E-state index in [1.54, 1.807) is 36.4 Å². The highest BCUT2D eigenvalue weighted by Crippen LogP contribution is 2.04. The lowest BCUT2D eigenvalue weighted by molar-refractivity contribution is -0.121. The standard InChI is InChI=1S/C19H18FN3O3/c20-14-9-7-13(8-10-14)12-21-17(24)6-3-11-23-18(25)15-4-1-2-5-16(15)22-19(23)26/h1-2,4-5,7-10H,3,6,11-12H2,(H,21,24)(H,22,26). The predicted octanol–water partition coefficient (Wildman–Crippen LogP) is 1.93. The Labute approximate surface area is 148 Å². The Hall–Kier alpha value is -3.22. The van der Waals surface area contributed by atoms with Crippen LogP contribution in [0.5, 0.6) is 0 Å². The Morgan fingerprint density at radius 1 is 1.08 bits per heavy atom. The molecule has 2 aromatic carbocycles. The maximum Gasteiger partial charge on any atom is 0.328 e. The lowest BCUT2D eigenvalue weighted by atomic mass is 10.2. The third-order valence-electron chi connectivity index (χ3n) is 4.08. The van der Waals surface area contributed by atoms with Gasteiger partial charge >= 0.3 is 5.69 Å². The second kappa shape index (κ2) is 7.77. The first-order valence-corrected chi connectivity index (χ1v) is 8.27. The number of hydrogen-bond acceptors (Lipinski definition) is 3. The van der Waals surface area contributed by atoms with E-state index in [4.69, 9.17) is 0 Å². The van der Waals surface area contributed by atoms with Crippen LogP contribution in [0.25, 0.3) is 10.9 Å². The molecule has 0 unspecified atom stereocenters. The number of carbonyl (C=O) groups excluding carboxylic acids is 1. The first-order valence-electron chi connectivity index (χ1n) is 8.27. The number of para-hydroxylation sites is 1. The number of nitrogens with zero attached hydrogens (tertiary/aromatic N) is 1. The SMILES string of the molecule is O=C(CCCn1c(=O)[nH]c2ccccc2c1=O)NCc1ccc(F)cc1. The number of rotatable bonds is 6. The molecule has 0 radical (unpaired) electrons. The molecule has 0 aliphatic carbocycles. The number of halogens is 1. The molecule has 134 valence electrons. The van der Waals surface area contributed by atoms with Crippen molar-refractivity contribution in [2.75, 3.05) is 0 Å². The quantitative estimate of drug-likeness (QED) is 0.709. The molecule has 0 atom stereocenters. The van der Waals surface area contributed by atoms with Gasteiger partial charge in [0, 0.05) is 19.5 Å². The van der Waals surface area contributed by atoms with E-state index in [1.165, 1.54) is 12.1 Å². The summed E-state index contributed by atoms with van der Waals surface area (Å²) in [5.74, 6) is -0.522.